The Labute approximate surface area is 170 Å². The van der Waals surface area contributed by atoms with Crippen LogP contribution in [0.25, 0.3) is 0 Å². The summed E-state index contributed by atoms with van der Waals surface area (Å²) in [5, 5.41) is 6.97. The molecule has 0 aliphatic rings. The van der Waals surface area contributed by atoms with Crippen LogP contribution in [-0.4, -0.2) is 27.8 Å². The zero-order chi connectivity index (χ0) is 20.8. The zero-order valence-corrected chi connectivity index (χ0v) is 16.8. The Bertz CT molecular complexity index is 912. The van der Waals surface area contributed by atoms with Crippen molar-refractivity contribution < 1.29 is 14.3 Å². The van der Waals surface area contributed by atoms with Crippen LogP contribution in [0.2, 0.25) is 0 Å². The van der Waals surface area contributed by atoms with Crippen LogP contribution in [0, 0.1) is 0 Å². The third-order valence-electron chi connectivity index (χ3n) is 4.57. The number of nitrogens with zero attached hydrogens (tertiary/aromatic N) is 2. The molecule has 0 fully saturated rings. The van der Waals surface area contributed by atoms with Gasteiger partial charge in [-0.15, -0.1) is 0 Å². The van der Waals surface area contributed by atoms with E-state index in [0.717, 1.165) is 11.1 Å². The van der Waals surface area contributed by atoms with Gasteiger partial charge in [-0.1, -0.05) is 60.7 Å². The van der Waals surface area contributed by atoms with Gasteiger partial charge in [0.1, 0.15) is 11.7 Å². The predicted molar refractivity (Wildman–Crippen MR) is 112 cm³/mol. The average molecular weight is 391 g/mol. The van der Waals surface area contributed by atoms with E-state index in [2.05, 4.69) is 10.4 Å². The number of carbonyl (C=O) groups excluding carboxylic acids is 2. The molecule has 1 amide bonds. The van der Waals surface area contributed by atoms with Crippen molar-refractivity contribution in [3.8, 4) is 0 Å². The fourth-order valence-corrected chi connectivity index (χ4v) is 3.10. The number of esters is 1. The van der Waals surface area contributed by atoms with Gasteiger partial charge in [-0.2, -0.15) is 5.10 Å². The molecule has 6 heteroatoms. The summed E-state index contributed by atoms with van der Waals surface area (Å²) in [5.74, 6) is -0.910. The van der Waals surface area contributed by atoms with Gasteiger partial charge < -0.3 is 10.1 Å². The molecular weight excluding hydrogens is 366 g/mol. The van der Waals surface area contributed by atoms with Gasteiger partial charge in [0.05, 0.1) is 6.20 Å². The number of amides is 1. The first-order valence-electron chi connectivity index (χ1n) is 9.62. The van der Waals surface area contributed by atoms with Crippen molar-refractivity contribution in [2.75, 3.05) is 5.32 Å². The second-order valence-corrected chi connectivity index (χ2v) is 7.08. The Morgan fingerprint density at radius 3 is 1.97 bits per heavy atom. The molecule has 3 aromatic rings. The van der Waals surface area contributed by atoms with Gasteiger partial charge in [-0.3, -0.25) is 9.59 Å². The lowest BCUT2D eigenvalue weighted by molar-refractivity contribution is -0.153. The van der Waals surface area contributed by atoms with Crippen molar-refractivity contribution in [1.82, 2.24) is 9.78 Å². The van der Waals surface area contributed by atoms with Gasteiger partial charge in [0, 0.05) is 12.1 Å². The maximum atomic E-state index is 13.0. The molecule has 1 aromatic heterocycles. The Morgan fingerprint density at radius 1 is 0.897 bits per heavy atom. The third kappa shape index (κ3) is 4.90. The minimum atomic E-state index is -0.951. The molecule has 0 bridgehead atoms. The highest BCUT2D eigenvalue weighted by molar-refractivity contribution is 5.95. The molecule has 1 N–H and O–H groups in total. The molecule has 0 saturated carbocycles. The molecule has 1 atom stereocenters. The third-order valence-corrected chi connectivity index (χ3v) is 4.57. The molecule has 0 spiro atoms. The van der Waals surface area contributed by atoms with Gasteiger partial charge >= 0.3 is 5.97 Å². The molecule has 6 nitrogen and oxygen atoms in total. The number of carbonyl (C=O) groups is 2. The summed E-state index contributed by atoms with van der Waals surface area (Å²) in [6.07, 6.45) is 0.667. The predicted octanol–water partition coefficient (Wildman–Crippen LogP) is 4.17. The molecule has 0 unspecified atom stereocenters. The number of ether oxygens (including phenoxy) is 1. The second kappa shape index (κ2) is 9.19. The second-order valence-electron chi connectivity index (χ2n) is 7.08. The van der Waals surface area contributed by atoms with E-state index >= 15 is 0 Å². The number of nitrogens with one attached hydrogen (secondary N) is 1. The van der Waals surface area contributed by atoms with Crippen molar-refractivity contribution in [1.29, 1.82) is 0 Å². The van der Waals surface area contributed by atoms with Crippen LogP contribution in [0.4, 0.5) is 5.82 Å². The SMILES string of the molecule is CC(C)n1nccc1NC(=O)[C@H](C)OC(=O)C(c1ccccc1)c1ccccc1. The molecule has 29 heavy (non-hydrogen) atoms. The highest BCUT2D eigenvalue weighted by Crippen LogP contribution is 2.26. The van der Waals surface area contributed by atoms with Crippen LogP contribution in [0.5, 0.6) is 0 Å². The highest BCUT2D eigenvalue weighted by Gasteiger charge is 2.28. The Kier molecular flexibility index (Phi) is 6.44. The van der Waals surface area contributed by atoms with E-state index < -0.39 is 23.9 Å². The van der Waals surface area contributed by atoms with Crippen LogP contribution in [0.1, 0.15) is 43.9 Å². The van der Waals surface area contributed by atoms with E-state index in [0.29, 0.717) is 5.82 Å². The lowest BCUT2D eigenvalue weighted by Gasteiger charge is -2.20. The van der Waals surface area contributed by atoms with E-state index in [9.17, 15) is 9.59 Å². The monoisotopic (exact) mass is 391 g/mol. The number of aromatic nitrogens is 2. The smallest absolute Gasteiger partial charge is 0.318 e. The van der Waals surface area contributed by atoms with Crippen LogP contribution >= 0.6 is 0 Å². The zero-order valence-electron chi connectivity index (χ0n) is 16.8. The van der Waals surface area contributed by atoms with Crippen LogP contribution in [-0.2, 0) is 14.3 Å². The summed E-state index contributed by atoms with van der Waals surface area (Å²) in [6, 6.07) is 20.6. The fraction of sp³-hybridized carbons (Fsp3) is 0.261. The van der Waals surface area contributed by atoms with E-state index in [-0.39, 0.29) is 6.04 Å². The van der Waals surface area contributed by atoms with Crippen molar-refractivity contribution in [3.63, 3.8) is 0 Å². The van der Waals surface area contributed by atoms with Gasteiger partial charge in [0.2, 0.25) is 0 Å². The minimum Gasteiger partial charge on any atom is -0.452 e. The first-order valence-corrected chi connectivity index (χ1v) is 9.62. The lowest BCUT2D eigenvalue weighted by atomic mass is 9.91. The largest absolute Gasteiger partial charge is 0.452 e. The first kappa shape index (κ1) is 20.3. The normalized spacial score (nSPS) is 12.0. The van der Waals surface area contributed by atoms with Crippen molar-refractivity contribution in [2.24, 2.45) is 0 Å². The lowest BCUT2D eigenvalue weighted by Crippen LogP contribution is -2.32. The molecule has 1 heterocycles. The van der Waals surface area contributed by atoms with E-state index in [1.165, 1.54) is 0 Å². The number of rotatable bonds is 7. The first-order chi connectivity index (χ1) is 14.0. The van der Waals surface area contributed by atoms with E-state index in [1.54, 1.807) is 23.9 Å². The number of anilines is 1. The Morgan fingerprint density at radius 2 is 1.45 bits per heavy atom. The van der Waals surface area contributed by atoms with Gasteiger partial charge in [0.25, 0.3) is 5.91 Å². The minimum absolute atomic E-state index is 0.0960. The number of hydrogen-bond donors (Lipinski definition) is 1. The fourth-order valence-electron chi connectivity index (χ4n) is 3.10. The highest BCUT2D eigenvalue weighted by atomic mass is 16.5. The topological polar surface area (TPSA) is 73.2 Å². The molecule has 0 radical (unpaired) electrons. The molecule has 3 rings (SSSR count). The van der Waals surface area contributed by atoms with Gasteiger partial charge in [-0.25, -0.2) is 4.68 Å². The molecule has 0 saturated heterocycles. The molecule has 0 aliphatic heterocycles. The van der Waals surface area contributed by atoms with Crippen molar-refractivity contribution in [2.45, 2.75) is 38.8 Å². The van der Waals surface area contributed by atoms with Crippen molar-refractivity contribution >= 4 is 17.7 Å². The summed E-state index contributed by atoms with van der Waals surface area (Å²) < 4.78 is 7.25. The van der Waals surface area contributed by atoms with Crippen LogP contribution in [0.3, 0.4) is 0 Å². The Hall–Kier alpha value is -3.41. The number of benzene rings is 2. The average Bonchev–Trinajstić information content (AvgIpc) is 3.18. The maximum Gasteiger partial charge on any atom is 0.318 e. The molecule has 150 valence electrons. The Balaban J connectivity index is 1.75. The quantitative estimate of drug-likeness (QED) is 0.614. The summed E-state index contributed by atoms with van der Waals surface area (Å²) in [4.78, 5) is 25.6. The van der Waals surface area contributed by atoms with Crippen LogP contribution < -0.4 is 5.32 Å². The standard InChI is InChI=1S/C23H25N3O3/c1-16(2)26-20(14-15-24-26)25-22(27)17(3)29-23(28)21(18-10-6-4-7-11-18)19-12-8-5-9-13-19/h4-17,21H,1-3H3,(H,25,27)/t17-/m0/s1. The summed E-state index contributed by atoms with van der Waals surface area (Å²) in [6.45, 7) is 5.50. The molecular formula is C23H25N3O3. The summed E-state index contributed by atoms with van der Waals surface area (Å²) in [5.41, 5.74) is 1.63. The van der Waals surface area contributed by atoms with Crippen molar-refractivity contribution in [3.05, 3.63) is 84.1 Å². The van der Waals surface area contributed by atoms with Gasteiger partial charge in [0.15, 0.2) is 6.10 Å². The number of hydrogen-bond acceptors (Lipinski definition) is 4. The van der Waals surface area contributed by atoms with E-state index in [1.807, 2.05) is 74.5 Å². The summed E-state index contributed by atoms with van der Waals surface area (Å²) >= 11 is 0. The van der Waals surface area contributed by atoms with Gasteiger partial charge in [-0.05, 0) is 31.9 Å². The summed E-state index contributed by atoms with van der Waals surface area (Å²) in [7, 11) is 0. The van der Waals surface area contributed by atoms with E-state index in [4.69, 9.17) is 4.74 Å². The molecule has 0 aliphatic carbocycles. The molecule has 2 aromatic carbocycles. The van der Waals surface area contributed by atoms with Crippen LogP contribution in [0.15, 0.2) is 72.9 Å². The maximum absolute atomic E-state index is 13.0.